The Labute approximate surface area is 188 Å². The highest BCUT2D eigenvalue weighted by atomic mass is 32.2. The lowest BCUT2D eigenvalue weighted by atomic mass is 10.1. The maximum atomic E-state index is 13.7. The molecule has 3 aromatic rings. The van der Waals surface area contributed by atoms with E-state index in [1.54, 1.807) is 4.57 Å². The number of aromatic nitrogens is 3. The van der Waals surface area contributed by atoms with Crippen molar-refractivity contribution in [1.82, 2.24) is 14.8 Å². The average Bonchev–Trinajstić information content (AvgIpc) is 3.13. The molecule has 0 saturated carbocycles. The van der Waals surface area contributed by atoms with Gasteiger partial charge in [0.2, 0.25) is 11.8 Å². The quantitative estimate of drug-likeness (QED) is 0.495. The van der Waals surface area contributed by atoms with Crippen LogP contribution in [0.3, 0.4) is 0 Å². The number of aryl methyl sites for hydroxylation is 2. The van der Waals surface area contributed by atoms with Gasteiger partial charge in [0.15, 0.2) is 5.16 Å². The lowest BCUT2D eigenvalue weighted by Crippen LogP contribution is -2.18. The molecule has 0 unspecified atom stereocenters. The number of carbonyl (C=O) groups excluding carboxylic acids is 2. The first-order valence-electron chi connectivity index (χ1n) is 9.94. The highest BCUT2D eigenvalue weighted by Gasteiger charge is 2.17. The predicted molar refractivity (Wildman–Crippen MR) is 120 cm³/mol. The number of thioether (sulfide) groups is 1. The van der Waals surface area contributed by atoms with Gasteiger partial charge < -0.3 is 15.2 Å². The molecule has 10 heteroatoms. The number of para-hydroxylation sites is 1. The Hall–Kier alpha value is -3.27. The zero-order valence-corrected chi connectivity index (χ0v) is 18.7. The van der Waals surface area contributed by atoms with Gasteiger partial charge in [0.1, 0.15) is 23.1 Å². The second-order valence-electron chi connectivity index (χ2n) is 7.10. The number of halogens is 2. The second kappa shape index (κ2) is 10.4. The summed E-state index contributed by atoms with van der Waals surface area (Å²) in [5, 5.41) is 13.6. The van der Waals surface area contributed by atoms with Crippen LogP contribution in [0.4, 0.5) is 20.2 Å². The molecule has 0 aliphatic carbocycles. The zero-order valence-electron chi connectivity index (χ0n) is 17.9. The van der Waals surface area contributed by atoms with Gasteiger partial charge in [-0.15, -0.1) is 10.2 Å². The van der Waals surface area contributed by atoms with Crippen molar-refractivity contribution in [2.45, 2.75) is 38.9 Å². The van der Waals surface area contributed by atoms with E-state index in [1.807, 2.05) is 39.0 Å². The summed E-state index contributed by atoms with van der Waals surface area (Å²) in [4.78, 5) is 24.6. The van der Waals surface area contributed by atoms with E-state index < -0.39 is 23.2 Å². The molecular formula is C22H23F2N5O2S. The number of nitrogens with zero attached hydrogens (tertiary/aromatic N) is 3. The smallest absolute Gasteiger partial charge is 0.235 e. The Bertz CT molecular complexity index is 1130. The zero-order chi connectivity index (χ0) is 23.3. The first-order chi connectivity index (χ1) is 15.3. The lowest BCUT2D eigenvalue weighted by Gasteiger charge is -2.10. The molecule has 0 bridgehead atoms. The second-order valence-corrected chi connectivity index (χ2v) is 8.04. The molecule has 1 aromatic heterocycles. The van der Waals surface area contributed by atoms with Crippen LogP contribution < -0.4 is 10.6 Å². The molecule has 0 radical (unpaired) electrons. The minimum absolute atomic E-state index is 0.0148. The van der Waals surface area contributed by atoms with Crippen LogP contribution in [-0.2, 0) is 22.6 Å². The fourth-order valence-corrected chi connectivity index (χ4v) is 3.79. The van der Waals surface area contributed by atoms with Crippen molar-refractivity contribution in [3.63, 3.8) is 0 Å². The van der Waals surface area contributed by atoms with Crippen LogP contribution in [0.1, 0.15) is 23.9 Å². The van der Waals surface area contributed by atoms with E-state index in [2.05, 4.69) is 20.8 Å². The van der Waals surface area contributed by atoms with Gasteiger partial charge in [-0.05, 0) is 56.2 Å². The minimum Gasteiger partial charge on any atom is -0.326 e. The summed E-state index contributed by atoms with van der Waals surface area (Å²) in [6, 6.07) is 9.02. The van der Waals surface area contributed by atoms with Gasteiger partial charge in [-0.1, -0.05) is 23.9 Å². The van der Waals surface area contributed by atoms with Gasteiger partial charge in [0.25, 0.3) is 0 Å². The van der Waals surface area contributed by atoms with Crippen molar-refractivity contribution in [2.75, 3.05) is 16.4 Å². The van der Waals surface area contributed by atoms with Gasteiger partial charge in [-0.3, -0.25) is 9.59 Å². The summed E-state index contributed by atoms with van der Waals surface area (Å²) < 4.78 is 29.1. The van der Waals surface area contributed by atoms with Crippen LogP contribution in [0.25, 0.3) is 0 Å². The van der Waals surface area contributed by atoms with E-state index >= 15 is 0 Å². The summed E-state index contributed by atoms with van der Waals surface area (Å²) in [6.45, 7) is 6.33. The van der Waals surface area contributed by atoms with E-state index in [4.69, 9.17) is 0 Å². The first-order valence-corrected chi connectivity index (χ1v) is 10.9. The highest BCUT2D eigenvalue weighted by Crippen LogP contribution is 2.21. The maximum Gasteiger partial charge on any atom is 0.235 e. The topological polar surface area (TPSA) is 88.9 Å². The molecule has 2 amide bonds. The van der Waals surface area contributed by atoms with Crippen molar-refractivity contribution in [3.8, 4) is 0 Å². The number of hydrogen-bond donors (Lipinski definition) is 2. The molecule has 7 nitrogen and oxygen atoms in total. The highest BCUT2D eigenvalue weighted by molar-refractivity contribution is 7.99. The molecule has 0 spiro atoms. The number of amides is 2. The third-order valence-electron chi connectivity index (χ3n) is 4.78. The standard InChI is InChI=1S/C22H23F2N5O2S/c1-4-29-18(11-19(30)25-15-9-8-13(2)14(3)10-15)27-28-22(29)32-12-20(31)26-21-16(23)6-5-7-17(21)24/h5-10H,4,11-12H2,1-3H3,(H,25,30)(H,26,31). The molecule has 0 aliphatic rings. The molecule has 1 heterocycles. The Morgan fingerprint density at radius 2 is 1.72 bits per heavy atom. The van der Waals surface area contributed by atoms with E-state index in [0.717, 1.165) is 35.0 Å². The summed E-state index contributed by atoms with van der Waals surface area (Å²) in [7, 11) is 0. The van der Waals surface area contributed by atoms with E-state index in [9.17, 15) is 18.4 Å². The SMILES string of the molecule is CCn1c(CC(=O)Nc2ccc(C)c(C)c2)nnc1SCC(=O)Nc1c(F)cccc1F. The lowest BCUT2D eigenvalue weighted by molar-refractivity contribution is -0.116. The van der Waals surface area contributed by atoms with Crippen molar-refractivity contribution in [3.05, 3.63) is 65.0 Å². The largest absolute Gasteiger partial charge is 0.326 e. The maximum absolute atomic E-state index is 13.7. The van der Waals surface area contributed by atoms with Gasteiger partial charge in [0.05, 0.1) is 12.2 Å². The molecule has 0 atom stereocenters. The minimum atomic E-state index is -0.850. The molecule has 32 heavy (non-hydrogen) atoms. The van der Waals surface area contributed by atoms with Crippen molar-refractivity contribution >= 4 is 35.0 Å². The normalized spacial score (nSPS) is 10.8. The molecular weight excluding hydrogens is 436 g/mol. The van der Waals surface area contributed by atoms with E-state index in [0.29, 0.717) is 23.2 Å². The number of hydrogen-bond acceptors (Lipinski definition) is 5. The fraction of sp³-hybridized carbons (Fsp3) is 0.273. The number of carbonyl (C=O) groups is 2. The number of rotatable bonds is 8. The fourth-order valence-electron chi connectivity index (χ4n) is 2.97. The Morgan fingerprint density at radius 1 is 1.00 bits per heavy atom. The van der Waals surface area contributed by atoms with Gasteiger partial charge >= 0.3 is 0 Å². The van der Waals surface area contributed by atoms with Gasteiger partial charge in [-0.25, -0.2) is 8.78 Å². The number of anilines is 2. The number of benzene rings is 2. The molecule has 0 aliphatic heterocycles. The van der Waals surface area contributed by atoms with Crippen molar-refractivity contribution < 1.29 is 18.4 Å². The summed E-state index contributed by atoms with van der Waals surface area (Å²) in [6.07, 6.45) is 0.0148. The average molecular weight is 460 g/mol. The molecule has 0 fully saturated rings. The Balaban J connectivity index is 1.61. The third-order valence-corrected chi connectivity index (χ3v) is 5.75. The third kappa shape index (κ3) is 5.70. The van der Waals surface area contributed by atoms with Crippen molar-refractivity contribution in [1.29, 1.82) is 0 Å². The monoisotopic (exact) mass is 459 g/mol. The Morgan fingerprint density at radius 3 is 2.38 bits per heavy atom. The molecule has 0 saturated heterocycles. The van der Waals surface area contributed by atoms with Crippen LogP contribution in [0.2, 0.25) is 0 Å². The number of nitrogens with one attached hydrogen (secondary N) is 2. The van der Waals surface area contributed by atoms with Crippen LogP contribution >= 0.6 is 11.8 Å². The van der Waals surface area contributed by atoms with Crippen molar-refractivity contribution in [2.24, 2.45) is 0 Å². The molecule has 2 N–H and O–H groups in total. The van der Waals surface area contributed by atoms with Gasteiger partial charge in [0, 0.05) is 12.2 Å². The van der Waals surface area contributed by atoms with Gasteiger partial charge in [-0.2, -0.15) is 0 Å². The van der Waals surface area contributed by atoms with Crippen LogP contribution in [-0.4, -0.2) is 32.3 Å². The summed E-state index contributed by atoms with van der Waals surface area (Å²) in [5.74, 6) is -2.19. The molecule has 3 rings (SSSR count). The molecule has 168 valence electrons. The Kier molecular flexibility index (Phi) is 7.57. The predicted octanol–water partition coefficient (Wildman–Crippen LogP) is 4.11. The van der Waals surface area contributed by atoms with E-state index in [1.165, 1.54) is 6.07 Å². The van der Waals surface area contributed by atoms with Crippen LogP contribution in [0.15, 0.2) is 41.6 Å². The van der Waals surface area contributed by atoms with E-state index in [-0.39, 0.29) is 18.1 Å². The molecule has 2 aromatic carbocycles. The van der Waals surface area contributed by atoms with Crippen LogP contribution in [0, 0.1) is 25.5 Å². The van der Waals surface area contributed by atoms with Crippen LogP contribution in [0.5, 0.6) is 0 Å². The summed E-state index contributed by atoms with van der Waals surface area (Å²) >= 11 is 1.07. The summed E-state index contributed by atoms with van der Waals surface area (Å²) in [5.41, 5.74) is 2.43. The first kappa shape index (κ1) is 23.4.